The highest BCUT2D eigenvalue weighted by atomic mass is 79.9. The lowest BCUT2D eigenvalue weighted by Crippen LogP contribution is -2.47. The lowest BCUT2D eigenvalue weighted by Gasteiger charge is -2.32. The summed E-state index contributed by atoms with van der Waals surface area (Å²) >= 11 is 3.57. The Morgan fingerprint density at radius 3 is 2.89 bits per heavy atom. The van der Waals surface area contributed by atoms with Crippen LogP contribution in [0, 0.1) is 0 Å². The van der Waals surface area contributed by atoms with E-state index in [1.807, 2.05) is 7.05 Å². The summed E-state index contributed by atoms with van der Waals surface area (Å²) in [6.45, 7) is 5.57. The van der Waals surface area contributed by atoms with E-state index in [2.05, 4.69) is 69.3 Å². The van der Waals surface area contributed by atoms with E-state index in [0.29, 0.717) is 12.1 Å². The van der Waals surface area contributed by atoms with Crippen molar-refractivity contribution < 1.29 is 0 Å². The highest BCUT2D eigenvalue weighted by Crippen LogP contribution is 2.23. The van der Waals surface area contributed by atoms with Gasteiger partial charge in [-0.15, -0.1) is 0 Å². The highest BCUT2D eigenvalue weighted by Gasteiger charge is 2.26. The van der Waals surface area contributed by atoms with Crippen LogP contribution < -0.4 is 10.2 Å². The van der Waals surface area contributed by atoms with Crippen molar-refractivity contribution in [2.75, 3.05) is 38.6 Å². The SMILES string of the molecule is CNCC1CN(c2cccc(Br)c2)CCC(C)N1C. The van der Waals surface area contributed by atoms with Crippen molar-refractivity contribution >= 4 is 21.6 Å². The van der Waals surface area contributed by atoms with E-state index in [0.717, 1.165) is 24.1 Å². The van der Waals surface area contributed by atoms with Crippen LogP contribution in [0.3, 0.4) is 0 Å². The summed E-state index contributed by atoms with van der Waals surface area (Å²) in [6, 6.07) is 9.81. The summed E-state index contributed by atoms with van der Waals surface area (Å²) in [4.78, 5) is 5.02. The fourth-order valence-corrected chi connectivity index (χ4v) is 3.12. The maximum Gasteiger partial charge on any atom is 0.0395 e. The predicted octanol–water partition coefficient (Wildman–Crippen LogP) is 2.57. The molecule has 1 heterocycles. The topological polar surface area (TPSA) is 18.5 Å². The molecule has 1 aliphatic rings. The van der Waals surface area contributed by atoms with E-state index < -0.39 is 0 Å². The van der Waals surface area contributed by atoms with Gasteiger partial charge in [0.15, 0.2) is 0 Å². The van der Waals surface area contributed by atoms with Crippen molar-refractivity contribution in [3.05, 3.63) is 28.7 Å². The van der Waals surface area contributed by atoms with Crippen LogP contribution in [-0.2, 0) is 0 Å². The van der Waals surface area contributed by atoms with Crippen LogP contribution in [0.1, 0.15) is 13.3 Å². The molecule has 3 nitrogen and oxygen atoms in total. The molecule has 1 N–H and O–H groups in total. The first-order valence-electron chi connectivity index (χ1n) is 6.99. The summed E-state index contributed by atoms with van der Waals surface area (Å²) in [5.41, 5.74) is 1.32. The molecule has 0 amide bonds. The maximum atomic E-state index is 3.57. The Kier molecular flexibility index (Phi) is 5.25. The Morgan fingerprint density at radius 2 is 2.21 bits per heavy atom. The number of nitrogens with zero attached hydrogens (tertiary/aromatic N) is 2. The summed E-state index contributed by atoms with van der Waals surface area (Å²) in [7, 11) is 4.28. The number of nitrogens with one attached hydrogen (secondary N) is 1. The molecule has 0 saturated carbocycles. The smallest absolute Gasteiger partial charge is 0.0395 e. The van der Waals surface area contributed by atoms with E-state index in [1.165, 1.54) is 12.1 Å². The molecule has 106 valence electrons. The number of anilines is 1. The van der Waals surface area contributed by atoms with E-state index >= 15 is 0 Å². The molecule has 1 aromatic rings. The van der Waals surface area contributed by atoms with Crippen molar-refractivity contribution in [3.63, 3.8) is 0 Å². The van der Waals surface area contributed by atoms with E-state index in [4.69, 9.17) is 0 Å². The van der Waals surface area contributed by atoms with Crippen LogP contribution in [0.25, 0.3) is 0 Å². The van der Waals surface area contributed by atoms with Crippen LogP contribution in [0.4, 0.5) is 5.69 Å². The van der Waals surface area contributed by atoms with E-state index in [-0.39, 0.29) is 0 Å². The van der Waals surface area contributed by atoms with Gasteiger partial charge in [-0.1, -0.05) is 22.0 Å². The molecule has 4 heteroatoms. The lowest BCUT2D eigenvalue weighted by molar-refractivity contribution is 0.195. The average Bonchev–Trinajstić information content (AvgIpc) is 2.53. The average molecular weight is 326 g/mol. The van der Waals surface area contributed by atoms with Crippen molar-refractivity contribution in [2.45, 2.75) is 25.4 Å². The second-order valence-corrected chi connectivity index (χ2v) is 6.36. The zero-order valence-corrected chi connectivity index (χ0v) is 13.7. The minimum atomic E-state index is 0.557. The Balaban J connectivity index is 2.17. The van der Waals surface area contributed by atoms with Crippen LogP contribution >= 0.6 is 15.9 Å². The summed E-state index contributed by atoms with van der Waals surface area (Å²) in [5, 5.41) is 3.32. The van der Waals surface area contributed by atoms with Crippen molar-refractivity contribution in [2.24, 2.45) is 0 Å². The van der Waals surface area contributed by atoms with Gasteiger partial charge in [0.25, 0.3) is 0 Å². The second kappa shape index (κ2) is 6.73. The molecule has 0 spiro atoms. The van der Waals surface area contributed by atoms with E-state index in [9.17, 15) is 0 Å². The third-order valence-electron chi connectivity index (χ3n) is 4.13. The Hall–Kier alpha value is -0.580. The van der Waals surface area contributed by atoms with Gasteiger partial charge >= 0.3 is 0 Å². The standard InChI is InChI=1S/C15H24BrN3/c1-12-7-8-19(11-15(10-17-2)18(12)3)14-6-4-5-13(16)9-14/h4-6,9,12,15,17H,7-8,10-11H2,1-3H3. The van der Waals surface area contributed by atoms with Crippen molar-refractivity contribution in [3.8, 4) is 0 Å². The first-order valence-corrected chi connectivity index (χ1v) is 7.78. The zero-order valence-electron chi connectivity index (χ0n) is 12.1. The Morgan fingerprint density at radius 1 is 1.42 bits per heavy atom. The van der Waals surface area contributed by atoms with Crippen LogP contribution in [0.15, 0.2) is 28.7 Å². The number of benzene rings is 1. The van der Waals surface area contributed by atoms with Crippen LogP contribution in [-0.4, -0.2) is 50.7 Å². The number of hydrogen-bond donors (Lipinski definition) is 1. The molecule has 0 aromatic heterocycles. The van der Waals surface area contributed by atoms with Crippen LogP contribution in [0.2, 0.25) is 0 Å². The minimum absolute atomic E-state index is 0.557. The summed E-state index contributed by atoms with van der Waals surface area (Å²) < 4.78 is 1.15. The normalized spacial score (nSPS) is 25.4. The number of halogens is 1. The highest BCUT2D eigenvalue weighted by molar-refractivity contribution is 9.10. The summed E-state index contributed by atoms with van der Waals surface area (Å²) in [6.07, 6.45) is 1.21. The molecule has 1 aliphatic heterocycles. The van der Waals surface area contributed by atoms with Gasteiger partial charge in [0.2, 0.25) is 0 Å². The fraction of sp³-hybridized carbons (Fsp3) is 0.600. The Labute approximate surface area is 125 Å². The van der Waals surface area contributed by atoms with Gasteiger partial charge in [0, 0.05) is 41.9 Å². The molecule has 2 unspecified atom stereocenters. The molecular formula is C15H24BrN3. The molecule has 0 bridgehead atoms. The van der Waals surface area contributed by atoms with Gasteiger partial charge in [0.05, 0.1) is 0 Å². The fourth-order valence-electron chi connectivity index (χ4n) is 2.73. The maximum absolute atomic E-state index is 3.57. The van der Waals surface area contributed by atoms with Crippen LogP contribution in [0.5, 0.6) is 0 Å². The Bertz CT molecular complexity index is 410. The molecule has 2 atom stereocenters. The second-order valence-electron chi connectivity index (χ2n) is 5.44. The first-order chi connectivity index (χ1) is 9.11. The van der Waals surface area contributed by atoms with Gasteiger partial charge < -0.3 is 10.2 Å². The van der Waals surface area contributed by atoms with Gasteiger partial charge in [-0.05, 0) is 45.6 Å². The number of hydrogen-bond acceptors (Lipinski definition) is 3. The van der Waals surface area contributed by atoms with Crippen molar-refractivity contribution in [1.29, 1.82) is 0 Å². The molecule has 19 heavy (non-hydrogen) atoms. The predicted molar refractivity (Wildman–Crippen MR) is 85.9 cm³/mol. The van der Waals surface area contributed by atoms with Gasteiger partial charge in [-0.2, -0.15) is 0 Å². The molecule has 1 saturated heterocycles. The zero-order chi connectivity index (χ0) is 13.8. The third-order valence-corrected chi connectivity index (χ3v) is 4.63. The monoisotopic (exact) mass is 325 g/mol. The molecule has 1 aromatic carbocycles. The first kappa shape index (κ1) is 14.8. The quantitative estimate of drug-likeness (QED) is 0.921. The molecule has 2 rings (SSSR count). The summed E-state index contributed by atoms with van der Waals surface area (Å²) in [5.74, 6) is 0. The number of rotatable bonds is 3. The minimum Gasteiger partial charge on any atom is -0.370 e. The molecule has 1 fully saturated rings. The van der Waals surface area contributed by atoms with Gasteiger partial charge in [-0.25, -0.2) is 0 Å². The molecular weight excluding hydrogens is 302 g/mol. The molecule has 0 aliphatic carbocycles. The largest absolute Gasteiger partial charge is 0.370 e. The lowest BCUT2D eigenvalue weighted by atomic mass is 10.2. The van der Waals surface area contributed by atoms with Crippen molar-refractivity contribution in [1.82, 2.24) is 10.2 Å². The molecule has 0 radical (unpaired) electrons. The van der Waals surface area contributed by atoms with E-state index in [1.54, 1.807) is 0 Å². The van der Waals surface area contributed by atoms with Gasteiger partial charge in [-0.3, -0.25) is 4.90 Å². The van der Waals surface area contributed by atoms with Gasteiger partial charge in [0.1, 0.15) is 0 Å². The third kappa shape index (κ3) is 3.71. The number of likely N-dealkylation sites (N-methyl/N-ethyl adjacent to an activating group) is 2.